The molecule has 2 atom stereocenters. The molecule has 0 aromatic carbocycles. The summed E-state index contributed by atoms with van der Waals surface area (Å²) in [6.45, 7) is 1.40. The van der Waals surface area contributed by atoms with Gasteiger partial charge in [-0.3, -0.25) is 9.59 Å². The molecule has 28 heavy (non-hydrogen) atoms. The maximum Gasteiger partial charge on any atom is 0.335 e. The number of ether oxygens (including phenoxy) is 2. The average molecular weight is 405 g/mol. The monoisotopic (exact) mass is 404 g/mol. The van der Waals surface area contributed by atoms with Crippen molar-refractivity contribution in [2.24, 2.45) is 0 Å². The quantitative estimate of drug-likeness (QED) is 0.235. The third-order valence-corrected chi connectivity index (χ3v) is 4.23. The van der Waals surface area contributed by atoms with Crippen LogP contribution in [0.25, 0.3) is 0 Å². The molecule has 0 aliphatic rings. The number of hydrogen-bond donors (Lipinski definition) is 3. The lowest BCUT2D eigenvalue weighted by molar-refractivity contribution is -0.162. The molecule has 0 saturated heterocycles. The van der Waals surface area contributed by atoms with E-state index in [1.165, 1.54) is 44.9 Å². The second kappa shape index (κ2) is 17.4. The Morgan fingerprint density at radius 1 is 0.786 bits per heavy atom. The highest BCUT2D eigenvalue weighted by Gasteiger charge is 2.21. The molecular formula is C20H36O8. The molecule has 0 heterocycles. The number of esters is 2. The highest BCUT2D eigenvalue weighted by Crippen LogP contribution is 2.11. The van der Waals surface area contributed by atoms with E-state index in [0.29, 0.717) is 0 Å². The van der Waals surface area contributed by atoms with Crippen LogP contribution in [0.15, 0.2) is 0 Å². The van der Waals surface area contributed by atoms with Gasteiger partial charge in [-0.2, -0.15) is 0 Å². The van der Waals surface area contributed by atoms with Crippen molar-refractivity contribution in [2.45, 2.75) is 96.2 Å². The normalized spacial score (nSPS) is 13.0. The van der Waals surface area contributed by atoms with E-state index in [2.05, 4.69) is 11.7 Å². The number of hydrogen-bond acceptors (Lipinski definition) is 7. The van der Waals surface area contributed by atoms with Gasteiger partial charge >= 0.3 is 17.9 Å². The van der Waals surface area contributed by atoms with Crippen LogP contribution in [0.2, 0.25) is 0 Å². The van der Waals surface area contributed by atoms with Crippen LogP contribution in [0.3, 0.4) is 0 Å². The molecule has 164 valence electrons. The van der Waals surface area contributed by atoms with Crippen molar-refractivity contribution in [3.05, 3.63) is 0 Å². The average Bonchev–Trinajstić information content (AvgIpc) is 2.65. The molecule has 0 bridgehead atoms. The Kier molecular flexibility index (Phi) is 16.4. The molecule has 8 heteroatoms. The van der Waals surface area contributed by atoms with Crippen LogP contribution in [-0.2, 0) is 23.9 Å². The summed E-state index contributed by atoms with van der Waals surface area (Å²) in [6.07, 6.45) is 8.17. The number of aliphatic hydroxyl groups excluding tert-OH is 2. The van der Waals surface area contributed by atoms with Crippen LogP contribution in [0, 0.1) is 0 Å². The predicted molar refractivity (Wildman–Crippen MR) is 103 cm³/mol. The van der Waals surface area contributed by atoms with E-state index in [-0.39, 0.29) is 13.0 Å². The molecule has 0 spiro atoms. The van der Waals surface area contributed by atoms with Crippen LogP contribution in [0.4, 0.5) is 0 Å². The van der Waals surface area contributed by atoms with Crippen LogP contribution >= 0.6 is 0 Å². The van der Waals surface area contributed by atoms with Gasteiger partial charge in [0.2, 0.25) is 0 Å². The van der Waals surface area contributed by atoms with Gasteiger partial charge in [-0.25, -0.2) is 4.79 Å². The van der Waals surface area contributed by atoms with Gasteiger partial charge in [-0.05, 0) is 6.42 Å². The van der Waals surface area contributed by atoms with Crippen molar-refractivity contribution in [1.29, 1.82) is 0 Å². The Bertz CT molecular complexity index is 438. The smallest absolute Gasteiger partial charge is 0.335 e. The van der Waals surface area contributed by atoms with E-state index < -0.39 is 43.1 Å². The Balaban J connectivity index is 3.57. The number of unbranched alkanes of at least 4 members (excludes halogenated alkanes) is 9. The molecule has 0 amide bonds. The van der Waals surface area contributed by atoms with Gasteiger partial charge in [0, 0.05) is 6.42 Å². The van der Waals surface area contributed by atoms with Gasteiger partial charge in [0.25, 0.3) is 0 Å². The summed E-state index contributed by atoms with van der Waals surface area (Å²) in [6, 6.07) is 0. The predicted octanol–water partition coefficient (Wildman–Crippen LogP) is 2.58. The molecule has 0 fully saturated rings. The topological polar surface area (TPSA) is 130 Å². The summed E-state index contributed by atoms with van der Waals surface area (Å²) in [4.78, 5) is 33.2. The van der Waals surface area contributed by atoms with Crippen molar-refractivity contribution < 1.29 is 39.2 Å². The van der Waals surface area contributed by atoms with Crippen LogP contribution < -0.4 is 0 Å². The van der Waals surface area contributed by atoms with E-state index in [0.717, 1.165) is 19.3 Å². The van der Waals surface area contributed by atoms with Crippen LogP contribution in [0.5, 0.6) is 0 Å². The number of carboxylic acids is 1. The Hall–Kier alpha value is -1.67. The summed E-state index contributed by atoms with van der Waals surface area (Å²) >= 11 is 0. The maximum atomic E-state index is 11.6. The van der Waals surface area contributed by atoms with Gasteiger partial charge in [0.05, 0.1) is 6.42 Å². The van der Waals surface area contributed by atoms with Gasteiger partial charge < -0.3 is 24.8 Å². The van der Waals surface area contributed by atoms with Crippen molar-refractivity contribution in [3.63, 3.8) is 0 Å². The number of aliphatic carboxylic acids is 1. The highest BCUT2D eigenvalue weighted by atomic mass is 16.6. The molecular weight excluding hydrogens is 368 g/mol. The summed E-state index contributed by atoms with van der Waals surface area (Å²) in [5, 5.41) is 27.3. The summed E-state index contributed by atoms with van der Waals surface area (Å²) in [5.41, 5.74) is 0. The zero-order chi connectivity index (χ0) is 21.2. The fraction of sp³-hybridized carbons (Fsp3) is 0.850. The van der Waals surface area contributed by atoms with Crippen molar-refractivity contribution in [3.8, 4) is 0 Å². The zero-order valence-corrected chi connectivity index (χ0v) is 16.9. The fourth-order valence-electron chi connectivity index (χ4n) is 2.59. The maximum absolute atomic E-state index is 11.6. The first-order chi connectivity index (χ1) is 13.4. The fourth-order valence-corrected chi connectivity index (χ4v) is 2.59. The number of rotatable bonds is 18. The Morgan fingerprint density at radius 3 is 1.82 bits per heavy atom. The Labute approximate surface area is 167 Å². The largest absolute Gasteiger partial charge is 0.481 e. The van der Waals surface area contributed by atoms with Crippen molar-refractivity contribution in [1.82, 2.24) is 0 Å². The summed E-state index contributed by atoms with van der Waals surface area (Å²) in [7, 11) is 0. The SMILES string of the molecule is CCCCCCCCCCCCC(=O)OCC(O)COC(=O)[C@H](O)CC(=O)O. The van der Waals surface area contributed by atoms with E-state index in [1.807, 2.05) is 0 Å². The number of carbonyl (C=O) groups is 3. The minimum atomic E-state index is -1.79. The van der Waals surface area contributed by atoms with Crippen LogP contribution in [-0.4, -0.2) is 58.6 Å². The molecule has 8 nitrogen and oxygen atoms in total. The molecule has 0 rings (SSSR count). The first-order valence-corrected chi connectivity index (χ1v) is 10.3. The van der Waals surface area contributed by atoms with E-state index in [9.17, 15) is 24.6 Å². The first-order valence-electron chi connectivity index (χ1n) is 10.3. The van der Waals surface area contributed by atoms with Gasteiger partial charge in [0.15, 0.2) is 6.10 Å². The molecule has 0 aromatic rings. The van der Waals surface area contributed by atoms with Gasteiger partial charge in [0.1, 0.15) is 19.3 Å². The van der Waals surface area contributed by atoms with Crippen molar-refractivity contribution in [2.75, 3.05) is 13.2 Å². The molecule has 0 aliphatic carbocycles. The Morgan fingerprint density at radius 2 is 1.29 bits per heavy atom. The molecule has 0 saturated carbocycles. The molecule has 0 radical (unpaired) electrons. The van der Waals surface area contributed by atoms with Crippen molar-refractivity contribution >= 4 is 17.9 Å². The lowest BCUT2D eigenvalue weighted by Crippen LogP contribution is -2.31. The number of aliphatic hydroxyl groups is 2. The minimum Gasteiger partial charge on any atom is -0.481 e. The second-order valence-electron chi connectivity index (χ2n) is 7.01. The number of carboxylic acid groups (broad SMARTS) is 1. The van der Waals surface area contributed by atoms with E-state index >= 15 is 0 Å². The third kappa shape index (κ3) is 16.5. The van der Waals surface area contributed by atoms with Crippen LogP contribution in [0.1, 0.15) is 84.0 Å². The standard InChI is InChI=1S/C20H36O8/c1-2-3-4-5-6-7-8-9-10-11-12-19(25)27-14-16(21)15-28-20(26)17(22)13-18(23)24/h16-17,21-22H,2-15H2,1H3,(H,23,24)/t16?,17-/m1/s1. The lowest BCUT2D eigenvalue weighted by Gasteiger charge is -2.13. The third-order valence-electron chi connectivity index (χ3n) is 4.23. The van der Waals surface area contributed by atoms with Gasteiger partial charge in [-0.1, -0.05) is 64.7 Å². The summed E-state index contributed by atoms with van der Waals surface area (Å²) in [5.74, 6) is -2.90. The summed E-state index contributed by atoms with van der Waals surface area (Å²) < 4.78 is 9.48. The van der Waals surface area contributed by atoms with E-state index in [4.69, 9.17) is 9.84 Å². The highest BCUT2D eigenvalue weighted by molar-refractivity contribution is 5.80. The molecule has 3 N–H and O–H groups in total. The number of carbonyl (C=O) groups excluding carboxylic acids is 2. The lowest BCUT2D eigenvalue weighted by atomic mass is 10.1. The zero-order valence-electron chi connectivity index (χ0n) is 16.9. The molecule has 1 unspecified atom stereocenters. The van der Waals surface area contributed by atoms with Gasteiger partial charge in [-0.15, -0.1) is 0 Å². The molecule has 0 aromatic heterocycles. The molecule has 0 aliphatic heterocycles. The van der Waals surface area contributed by atoms with E-state index in [1.54, 1.807) is 0 Å². The first kappa shape index (κ1) is 26.3. The minimum absolute atomic E-state index is 0.278. The second-order valence-corrected chi connectivity index (χ2v) is 7.01.